The van der Waals surface area contributed by atoms with Crippen molar-refractivity contribution in [3.8, 4) is 51.0 Å². The van der Waals surface area contributed by atoms with Crippen LogP contribution in [0.5, 0.6) is 0 Å². The third kappa shape index (κ3) is 4.46. The van der Waals surface area contributed by atoms with Crippen LogP contribution in [0.25, 0.3) is 72.8 Å². The zero-order valence-corrected chi connectivity index (χ0v) is 23.1. The Bertz CT molecular complexity index is 2220. The van der Waals surface area contributed by atoms with Crippen molar-refractivity contribution in [2.24, 2.45) is 0 Å². The van der Waals surface area contributed by atoms with E-state index in [9.17, 15) is 0 Å². The van der Waals surface area contributed by atoms with E-state index in [0.717, 1.165) is 55.3 Å². The number of aromatic nitrogens is 4. The van der Waals surface area contributed by atoms with Crippen LogP contribution < -0.4 is 0 Å². The maximum absolute atomic E-state index is 8.37. The molecule has 0 radical (unpaired) electrons. The van der Waals surface area contributed by atoms with E-state index in [4.69, 9.17) is 17.7 Å². The topological polar surface area (TPSA) is 43.6 Å². The molecule has 0 aliphatic rings. The average Bonchev–Trinajstić information content (AvgIpc) is 3.41. The molecular formula is C39H26N4. The molecule has 0 aliphatic heterocycles. The summed E-state index contributed by atoms with van der Waals surface area (Å²) in [5.41, 5.74) is 7.59. The molecule has 0 N–H and O–H groups in total. The molecule has 0 atom stereocenters. The number of nitrogens with zero attached hydrogens (tertiary/aromatic N) is 4. The smallest absolute Gasteiger partial charge is 0.166 e. The molecule has 0 bridgehead atoms. The minimum atomic E-state index is 0.424. The Hall–Kier alpha value is -5.87. The molecule has 0 fully saturated rings. The van der Waals surface area contributed by atoms with Gasteiger partial charge in [0.05, 0.1) is 19.5 Å². The molecule has 43 heavy (non-hydrogen) atoms. The number of benzene rings is 6. The molecule has 202 valence electrons. The molecular weight excluding hydrogens is 524 g/mol. The number of hydrogen-bond acceptors (Lipinski definition) is 3. The van der Waals surface area contributed by atoms with Crippen molar-refractivity contribution in [2.45, 2.75) is 0 Å². The van der Waals surface area contributed by atoms with Gasteiger partial charge in [-0.1, -0.05) is 133 Å². The van der Waals surface area contributed by atoms with Crippen molar-refractivity contribution in [1.29, 1.82) is 0 Å². The molecule has 4 heteroatoms. The summed E-state index contributed by atoms with van der Waals surface area (Å²) in [5, 5.41) is 1.85. The molecule has 6 aromatic carbocycles. The predicted octanol–water partition coefficient (Wildman–Crippen LogP) is 9.64. The van der Waals surface area contributed by atoms with Gasteiger partial charge in [-0.3, -0.25) is 0 Å². The Morgan fingerprint density at radius 1 is 0.419 bits per heavy atom. The van der Waals surface area contributed by atoms with Gasteiger partial charge < -0.3 is 4.57 Å². The summed E-state index contributed by atoms with van der Waals surface area (Å²) in [6.45, 7) is 0. The highest BCUT2D eigenvalue weighted by molar-refractivity contribution is 6.09. The lowest BCUT2D eigenvalue weighted by Gasteiger charge is -2.16. The summed E-state index contributed by atoms with van der Waals surface area (Å²) >= 11 is 0. The first-order chi connectivity index (χ1) is 22.1. The lowest BCUT2D eigenvalue weighted by molar-refractivity contribution is 1.06. The average molecular weight is 553 g/mol. The van der Waals surface area contributed by atoms with Gasteiger partial charge in [0.2, 0.25) is 0 Å². The van der Waals surface area contributed by atoms with E-state index >= 15 is 0 Å². The van der Waals surface area contributed by atoms with Crippen LogP contribution in [0.3, 0.4) is 0 Å². The Labute approximate surface area is 252 Å². The molecule has 2 aromatic heterocycles. The zero-order chi connectivity index (χ0) is 30.3. The van der Waals surface area contributed by atoms with Gasteiger partial charge in [0.1, 0.15) is 0 Å². The van der Waals surface area contributed by atoms with Crippen LogP contribution in [0, 0.1) is 0 Å². The van der Waals surface area contributed by atoms with Crippen LogP contribution in [-0.4, -0.2) is 19.5 Å². The normalized spacial score (nSPS) is 11.9. The van der Waals surface area contributed by atoms with Crippen LogP contribution in [0.1, 0.15) is 2.74 Å². The second kappa shape index (κ2) is 10.5. The molecule has 0 unspecified atom stereocenters. The van der Waals surface area contributed by atoms with Crippen molar-refractivity contribution in [1.82, 2.24) is 19.5 Å². The third-order valence-corrected chi connectivity index (χ3v) is 7.74. The Morgan fingerprint density at radius 2 is 0.907 bits per heavy atom. The summed E-state index contributed by atoms with van der Waals surface area (Å²) in [5.74, 6) is 1.75. The van der Waals surface area contributed by atoms with Crippen LogP contribution >= 0.6 is 0 Å². The van der Waals surface area contributed by atoms with Gasteiger partial charge in [-0.2, -0.15) is 0 Å². The Balaban J connectivity index is 1.46. The summed E-state index contributed by atoms with van der Waals surface area (Å²) in [6.07, 6.45) is 0. The van der Waals surface area contributed by atoms with Gasteiger partial charge in [0.15, 0.2) is 17.5 Å². The van der Waals surface area contributed by atoms with Crippen molar-refractivity contribution < 1.29 is 2.74 Å². The Morgan fingerprint density at radius 3 is 1.44 bits per heavy atom. The summed E-state index contributed by atoms with van der Waals surface area (Å²) in [4.78, 5) is 15.0. The van der Waals surface area contributed by atoms with E-state index in [1.165, 1.54) is 0 Å². The van der Waals surface area contributed by atoms with E-state index in [1.54, 1.807) is 0 Å². The number of fused-ring (bicyclic) bond motifs is 3. The van der Waals surface area contributed by atoms with Crippen molar-refractivity contribution in [3.63, 3.8) is 0 Å². The van der Waals surface area contributed by atoms with E-state index < -0.39 is 0 Å². The zero-order valence-electron chi connectivity index (χ0n) is 25.1. The Kier molecular flexibility index (Phi) is 5.57. The maximum atomic E-state index is 8.37. The van der Waals surface area contributed by atoms with E-state index in [0.29, 0.717) is 29.6 Å². The number of rotatable bonds is 5. The van der Waals surface area contributed by atoms with Crippen LogP contribution in [0.4, 0.5) is 0 Å². The predicted molar refractivity (Wildman–Crippen MR) is 176 cm³/mol. The second-order valence-corrected chi connectivity index (χ2v) is 10.4. The first-order valence-electron chi connectivity index (χ1n) is 15.2. The van der Waals surface area contributed by atoms with Gasteiger partial charge in [-0.25, -0.2) is 15.0 Å². The minimum absolute atomic E-state index is 0.424. The first kappa shape index (κ1) is 22.8. The fourth-order valence-electron chi connectivity index (χ4n) is 5.70. The van der Waals surface area contributed by atoms with Gasteiger partial charge in [0.25, 0.3) is 0 Å². The van der Waals surface area contributed by atoms with Gasteiger partial charge in [-0.05, 0) is 35.4 Å². The van der Waals surface area contributed by atoms with Crippen molar-refractivity contribution in [2.75, 3.05) is 0 Å². The molecule has 0 aliphatic carbocycles. The SMILES string of the molecule is [2H]c1ccc2c(c1)c1cc([2H])ccc1n2-c1cc(-c2ccccc2)ccc1-c1nc(-c2ccccc2)nc(-c2ccccc2)n1. The molecule has 0 spiro atoms. The number of para-hydroxylation sites is 2. The van der Waals surface area contributed by atoms with E-state index in [1.807, 2.05) is 115 Å². The summed E-state index contributed by atoms with van der Waals surface area (Å²) in [7, 11) is 0. The quantitative estimate of drug-likeness (QED) is 0.213. The van der Waals surface area contributed by atoms with E-state index in [-0.39, 0.29) is 0 Å². The van der Waals surface area contributed by atoms with Crippen molar-refractivity contribution >= 4 is 21.8 Å². The minimum Gasteiger partial charge on any atom is -0.308 e. The van der Waals surface area contributed by atoms with Crippen molar-refractivity contribution in [3.05, 3.63) is 158 Å². The van der Waals surface area contributed by atoms with Crippen LogP contribution in [0.2, 0.25) is 0 Å². The highest BCUT2D eigenvalue weighted by Crippen LogP contribution is 2.38. The highest BCUT2D eigenvalue weighted by Gasteiger charge is 2.20. The largest absolute Gasteiger partial charge is 0.308 e. The van der Waals surface area contributed by atoms with E-state index in [2.05, 4.69) is 34.9 Å². The standard InChI is InChI=1S/C39H26N4/c1-4-14-27(15-5-1)30-24-25-33(36(26-30)43-34-22-12-10-20-31(34)32-21-11-13-23-35(32)43)39-41-37(28-16-6-2-7-17-28)40-38(42-39)29-18-8-3-9-19-29/h1-26H/i10D,11D. The highest BCUT2D eigenvalue weighted by atomic mass is 15.1. The molecule has 4 nitrogen and oxygen atoms in total. The van der Waals surface area contributed by atoms with Crippen LogP contribution in [0.15, 0.2) is 158 Å². The fraction of sp³-hybridized carbons (Fsp3) is 0. The van der Waals surface area contributed by atoms with Gasteiger partial charge in [-0.15, -0.1) is 0 Å². The monoisotopic (exact) mass is 552 g/mol. The first-order valence-corrected chi connectivity index (χ1v) is 14.2. The molecule has 0 saturated heterocycles. The maximum Gasteiger partial charge on any atom is 0.166 e. The second-order valence-electron chi connectivity index (χ2n) is 10.4. The molecule has 0 amide bonds. The summed E-state index contributed by atoms with van der Waals surface area (Å²) in [6, 6.07) is 48.8. The summed E-state index contributed by atoms with van der Waals surface area (Å²) < 4.78 is 18.9. The molecule has 2 heterocycles. The lowest BCUT2D eigenvalue weighted by Crippen LogP contribution is -2.04. The fourth-order valence-corrected chi connectivity index (χ4v) is 5.70. The van der Waals surface area contributed by atoms with Gasteiger partial charge in [0, 0.05) is 27.5 Å². The molecule has 8 aromatic rings. The third-order valence-electron chi connectivity index (χ3n) is 7.74. The number of hydrogen-bond donors (Lipinski definition) is 0. The molecule has 0 saturated carbocycles. The molecule has 8 rings (SSSR count). The van der Waals surface area contributed by atoms with Gasteiger partial charge >= 0.3 is 0 Å². The lowest BCUT2D eigenvalue weighted by atomic mass is 10.0. The van der Waals surface area contributed by atoms with Crippen LogP contribution in [-0.2, 0) is 0 Å².